The number of hydrogen-bond donors (Lipinski definition) is 1. The predicted octanol–water partition coefficient (Wildman–Crippen LogP) is 8.03. The Kier molecular flexibility index (Phi) is 14.6. The molecule has 0 unspecified atom stereocenters. The Labute approximate surface area is 313 Å². The van der Waals surface area contributed by atoms with Crippen molar-refractivity contribution in [3.05, 3.63) is 104 Å². The van der Waals surface area contributed by atoms with E-state index in [9.17, 15) is 0 Å². The van der Waals surface area contributed by atoms with E-state index in [0.717, 1.165) is 32.9 Å². The molecule has 0 atom stereocenters. The fraction of sp³-hybridized carbons (Fsp3) is 0.200. The first-order valence-corrected chi connectivity index (χ1v) is 16.4. The summed E-state index contributed by atoms with van der Waals surface area (Å²) < 4.78 is 38.1. The number of methoxy groups -OCH3 is 6. The largest absolute Gasteiger partial charge is 0.493 e. The highest BCUT2D eigenvalue weighted by Crippen LogP contribution is 2.43. The molecule has 0 bridgehead atoms. The first kappa shape index (κ1) is 39.7. The molecule has 6 aromatic rings. The average Bonchev–Trinajstić information content (AvgIpc) is 3.21. The molecule has 4 aromatic heterocycles. The van der Waals surface area contributed by atoms with E-state index in [1.807, 2.05) is 60.7 Å². The minimum atomic E-state index is 0.0833. The van der Waals surface area contributed by atoms with Crippen molar-refractivity contribution in [3.8, 4) is 62.9 Å². The molecule has 0 aliphatic rings. The summed E-state index contributed by atoms with van der Waals surface area (Å²) in [7, 11) is 9.44. The molecule has 2 aromatic carbocycles. The van der Waals surface area contributed by atoms with E-state index in [2.05, 4.69) is 33.1 Å². The highest BCUT2D eigenvalue weighted by molar-refractivity contribution is 6.34. The quantitative estimate of drug-likeness (QED) is 0.0961. The molecule has 276 valence electrons. The van der Waals surface area contributed by atoms with Gasteiger partial charge in [-0.15, -0.1) is 6.58 Å². The second kappa shape index (κ2) is 19.5. The van der Waals surface area contributed by atoms with Gasteiger partial charge < -0.3 is 38.3 Å². The summed E-state index contributed by atoms with van der Waals surface area (Å²) in [4.78, 5) is 17.9. The Morgan fingerprint density at radius 3 is 1.47 bits per heavy atom. The van der Waals surface area contributed by atoms with Crippen molar-refractivity contribution in [2.24, 2.45) is 0 Å². The normalized spacial score (nSPS) is 10.2. The molecule has 6 rings (SSSR count). The van der Waals surface area contributed by atoms with E-state index in [-0.39, 0.29) is 6.61 Å². The maximum Gasteiger partial charge on any atom is 0.223 e. The van der Waals surface area contributed by atoms with Crippen LogP contribution in [-0.2, 0) is 0 Å². The van der Waals surface area contributed by atoms with Crippen molar-refractivity contribution < 1.29 is 38.3 Å². The van der Waals surface area contributed by atoms with Gasteiger partial charge in [0.25, 0.3) is 0 Å². The molecular weight excluding hydrogens is 700 g/mol. The number of rotatable bonds is 12. The lowest BCUT2D eigenvalue weighted by molar-refractivity contribution is 0.324. The Bertz CT molecular complexity index is 2130. The van der Waals surface area contributed by atoms with Gasteiger partial charge in [0.1, 0.15) is 11.8 Å². The Morgan fingerprint density at radius 2 is 1.06 bits per heavy atom. The minimum absolute atomic E-state index is 0.0833. The SMILES string of the molecule is C=CCO.C=CCOc1nc(-c2cc(OC)c(OC)c(OC)c2)cc2ncccc12.COc1cc(-c2cc3ncccc3c(Cl)n2)cc(OC)c1OC. The molecule has 0 saturated heterocycles. The van der Waals surface area contributed by atoms with Crippen LogP contribution in [0.15, 0.2) is 98.4 Å². The zero-order valence-corrected chi connectivity index (χ0v) is 31.1. The monoisotopic (exact) mass is 740 g/mol. The third-order valence-corrected chi connectivity index (χ3v) is 7.79. The van der Waals surface area contributed by atoms with Crippen LogP contribution in [0.25, 0.3) is 44.3 Å². The second-order valence-electron chi connectivity index (χ2n) is 10.7. The minimum Gasteiger partial charge on any atom is -0.493 e. The predicted molar refractivity (Wildman–Crippen MR) is 207 cm³/mol. The lowest BCUT2D eigenvalue weighted by Crippen LogP contribution is -2.00. The van der Waals surface area contributed by atoms with Crippen LogP contribution in [0.3, 0.4) is 0 Å². The van der Waals surface area contributed by atoms with Gasteiger partial charge in [-0.1, -0.05) is 30.3 Å². The zero-order valence-electron chi connectivity index (χ0n) is 30.4. The fourth-order valence-corrected chi connectivity index (χ4v) is 5.33. The van der Waals surface area contributed by atoms with Crippen LogP contribution >= 0.6 is 11.6 Å². The first-order valence-electron chi connectivity index (χ1n) is 16.0. The van der Waals surface area contributed by atoms with E-state index in [4.69, 9.17) is 49.9 Å². The van der Waals surface area contributed by atoms with Gasteiger partial charge in [-0.25, -0.2) is 9.97 Å². The van der Waals surface area contributed by atoms with Crippen molar-refractivity contribution in [2.45, 2.75) is 0 Å². The van der Waals surface area contributed by atoms with Gasteiger partial charge in [0.05, 0.1) is 77.1 Å². The number of fused-ring (bicyclic) bond motifs is 2. The van der Waals surface area contributed by atoms with Crippen LogP contribution in [-0.4, -0.2) is 80.9 Å². The van der Waals surface area contributed by atoms with Gasteiger partial charge in [-0.3, -0.25) is 9.97 Å². The van der Waals surface area contributed by atoms with E-state index < -0.39 is 0 Å². The molecule has 53 heavy (non-hydrogen) atoms. The summed E-state index contributed by atoms with van der Waals surface area (Å²) in [5.41, 5.74) is 4.53. The number of pyridine rings is 4. The summed E-state index contributed by atoms with van der Waals surface area (Å²) in [5, 5.41) is 9.81. The molecule has 0 aliphatic heterocycles. The van der Waals surface area contributed by atoms with Crippen LogP contribution in [0.4, 0.5) is 0 Å². The molecule has 1 N–H and O–H groups in total. The number of aliphatic hydroxyl groups excluding tert-OH is 1. The maximum atomic E-state index is 7.76. The molecular formula is C40H41ClN4O8. The molecule has 0 fully saturated rings. The van der Waals surface area contributed by atoms with Gasteiger partial charge in [-0.05, 0) is 60.7 Å². The van der Waals surface area contributed by atoms with Crippen molar-refractivity contribution in [1.29, 1.82) is 0 Å². The van der Waals surface area contributed by atoms with E-state index in [0.29, 0.717) is 63.5 Å². The van der Waals surface area contributed by atoms with Crippen LogP contribution < -0.4 is 33.2 Å². The van der Waals surface area contributed by atoms with Crippen LogP contribution in [0, 0.1) is 0 Å². The van der Waals surface area contributed by atoms with Gasteiger partial charge in [0.2, 0.25) is 17.4 Å². The number of benzene rings is 2. The van der Waals surface area contributed by atoms with Gasteiger partial charge >= 0.3 is 0 Å². The summed E-state index contributed by atoms with van der Waals surface area (Å²) in [6, 6.07) is 18.6. The highest BCUT2D eigenvalue weighted by Gasteiger charge is 2.18. The molecule has 12 nitrogen and oxygen atoms in total. The van der Waals surface area contributed by atoms with Gasteiger partial charge in [0, 0.05) is 28.9 Å². The number of hydrogen-bond acceptors (Lipinski definition) is 12. The van der Waals surface area contributed by atoms with Crippen LogP contribution in [0.2, 0.25) is 5.15 Å². The van der Waals surface area contributed by atoms with E-state index >= 15 is 0 Å². The number of aliphatic hydroxyl groups is 1. The third-order valence-electron chi connectivity index (χ3n) is 7.51. The number of ether oxygens (including phenoxy) is 7. The molecule has 0 aliphatic carbocycles. The van der Waals surface area contributed by atoms with Crippen LogP contribution in [0.1, 0.15) is 0 Å². The van der Waals surface area contributed by atoms with Gasteiger partial charge in [-0.2, -0.15) is 0 Å². The standard InChI is InChI=1S/C20H20N2O4.C17H15ClN2O3.C3H6O/c1-5-9-26-20-14-7-6-8-21-16(14)12-15(22-20)13-10-17(23-2)19(25-4)18(11-13)24-3;1-21-14-7-10(8-15(22-2)16(14)23-3)12-9-13-11(17(18)20-12)5-4-6-19-13;1-2-3-4/h5-8,10-12H,1,9H2,2-4H3;4-9H,1-3H3;2,4H,1,3H2. The lowest BCUT2D eigenvalue weighted by atomic mass is 10.1. The topological polar surface area (TPSA) is 136 Å². The summed E-state index contributed by atoms with van der Waals surface area (Å²) in [6.45, 7) is 7.35. The Balaban J connectivity index is 0.000000216. The molecule has 0 amide bonds. The average molecular weight is 741 g/mol. The summed E-state index contributed by atoms with van der Waals surface area (Å²) in [6.07, 6.45) is 6.56. The van der Waals surface area contributed by atoms with E-state index in [1.165, 1.54) is 6.08 Å². The molecule has 0 radical (unpaired) electrons. The first-order chi connectivity index (χ1) is 25.8. The number of nitrogens with zero attached hydrogens (tertiary/aromatic N) is 4. The summed E-state index contributed by atoms with van der Waals surface area (Å²) >= 11 is 6.28. The smallest absolute Gasteiger partial charge is 0.223 e. The van der Waals surface area contributed by atoms with Crippen molar-refractivity contribution in [3.63, 3.8) is 0 Å². The third kappa shape index (κ3) is 9.42. The van der Waals surface area contributed by atoms with Gasteiger partial charge in [0.15, 0.2) is 23.0 Å². The van der Waals surface area contributed by atoms with Crippen molar-refractivity contribution in [2.75, 3.05) is 55.9 Å². The Hall–Kier alpha value is -6.11. The highest BCUT2D eigenvalue weighted by atomic mass is 35.5. The second-order valence-corrected chi connectivity index (χ2v) is 11.0. The number of halogens is 1. The van der Waals surface area contributed by atoms with Crippen LogP contribution in [0.5, 0.6) is 40.4 Å². The maximum absolute atomic E-state index is 7.76. The number of aromatic nitrogens is 4. The fourth-order valence-electron chi connectivity index (χ4n) is 5.08. The Morgan fingerprint density at radius 1 is 0.623 bits per heavy atom. The molecule has 0 spiro atoms. The van der Waals surface area contributed by atoms with Crippen molar-refractivity contribution in [1.82, 2.24) is 19.9 Å². The summed E-state index contributed by atoms with van der Waals surface area (Å²) in [5.74, 6) is 3.78. The van der Waals surface area contributed by atoms with E-state index in [1.54, 1.807) is 61.1 Å². The molecule has 13 heteroatoms. The molecule has 0 saturated carbocycles. The lowest BCUT2D eigenvalue weighted by Gasteiger charge is -2.15. The zero-order chi connectivity index (χ0) is 38.3. The van der Waals surface area contributed by atoms with Crippen molar-refractivity contribution >= 4 is 33.4 Å². The molecule has 4 heterocycles.